The predicted molar refractivity (Wildman–Crippen MR) is 76.3 cm³/mol. The van der Waals surface area contributed by atoms with Crippen LogP contribution in [0.25, 0.3) is 0 Å². The van der Waals surface area contributed by atoms with Crippen molar-refractivity contribution >= 4 is 0 Å². The molecule has 0 radical (unpaired) electrons. The Morgan fingerprint density at radius 1 is 1.00 bits per heavy atom. The molecule has 1 nitrogen and oxygen atoms in total. The van der Waals surface area contributed by atoms with Gasteiger partial charge in [-0.1, -0.05) is 13.8 Å². The van der Waals surface area contributed by atoms with Crippen LogP contribution in [0.15, 0.2) is 13.2 Å². The van der Waals surface area contributed by atoms with Crippen molar-refractivity contribution in [2.75, 3.05) is 13.2 Å². The van der Waals surface area contributed by atoms with Gasteiger partial charge in [-0.2, -0.15) is 0 Å². The molecule has 0 unspecified atom stereocenters. The first kappa shape index (κ1) is 30.5. The molecule has 0 heterocycles. The molecular weight excluding hydrogens is 247 g/mol. The molecule has 0 aliphatic carbocycles. The smallest absolute Gasteiger partial charge is 0.382 e. The maximum atomic E-state index is 6.30. The van der Waals surface area contributed by atoms with E-state index >= 15 is 0 Å². The summed E-state index contributed by atoms with van der Waals surface area (Å²) in [7, 11) is 0. The zero-order valence-corrected chi connectivity index (χ0v) is 15.4. The van der Waals surface area contributed by atoms with Gasteiger partial charge >= 0.3 is 51.4 Å². The second-order valence-electron chi connectivity index (χ2n) is 1.55. The van der Waals surface area contributed by atoms with Gasteiger partial charge in [-0.3, -0.25) is 5.92 Å². The molecule has 0 atom stereocenters. The summed E-state index contributed by atoms with van der Waals surface area (Å²) < 4.78 is 4.83. The largest absolute Gasteiger partial charge is 1.00 e. The average molecular weight is 268 g/mol. The van der Waals surface area contributed by atoms with Crippen molar-refractivity contribution in [3.63, 3.8) is 0 Å². The monoisotopic (exact) mass is 268 g/mol. The summed E-state index contributed by atoms with van der Waals surface area (Å²) >= 11 is 0. The molecule has 0 saturated heterocycles. The van der Waals surface area contributed by atoms with Crippen LogP contribution in [-0.2, 0) is 4.74 Å². The summed E-state index contributed by atoms with van der Waals surface area (Å²) in [5.41, 5.74) is 0. The van der Waals surface area contributed by atoms with E-state index in [0.29, 0.717) is 0 Å². The fraction of sp³-hybridized carbons (Fsp3) is 0.375. The molecule has 0 aromatic rings. The fourth-order valence-electron chi connectivity index (χ4n) is 0.334. The molecule has 0 amide bonds. The molecule has 0 aromatic heterocycles. The molecule has 2 heteroatoms. The van der Waals surface area contributed by atoms with Crippen LogP contribution in [0.2, 0.25) is 0 Å². The maximum absolute atomic E-state index is 6.30. The zero-order valence-electron chi connectivity index (χ0n) is 12.3. The van der Waals surface area contributed by atoms with Crippen molar-refractivity contribution < 1.29 is 56.1 Å². The van der Waals surface area contributed by atoms with Crippen LogP contribution in [0.5, 0.6) is 0 Å². The molecule has 0 aliphatic heterocycles. The van der Waals surface area contributed by atoms with Crippen LogP contribution in [0, 0.1) is 48.4 Å². The van der Waals surface area contributed by atoms with E-state index in [1.807, 2.05) is 33.6 Å². The van der Waals surface area contributed by atoms with Crippen LogP contribution in [0.3, 0.4) is 0 Å². The third-order valence-corrected chi connectivity index (χ3v) is 0.730. The normalized spacial score (nSPS) is 4.33. The third-order valence-electron chi connectivity index (χ3n) is 0.730. The SMILES string of the molecule is C=C.CC.CCOCC.[C-]#CC#CC#CC#C.[K+]. The molecule has 0 rings (SSSR count). The molecule has 0 bridgehead atoms. The van der Waals surface area contributed by atoms with E-state index in [1.54, 1.807) is 0 Å². The number of ether oxygens (including phenoxy) is 1. The van der Waals surface area contributed by atoms with Crippen LogP contribution < -0.4 is 51.4 Å². The molecule has 0 N–H and O–H groups in total. The molecule has 92 valence electrons. The molecule has 18 heavy (non-hydrogen) atoms. The molecule has 0 saturated carbocycles. The Labute approximate surface area is 157 Å². The quantitative estimate of drug-likeness (QED) is 0.299. The number of hydrogen-bond acceptors (Lipinski definition) is 1. The van der Waals surface area contributed by atoms with Gasteiger partial charge in [0.05, 0.1) is 0 Å². The minimum atomic E-state index is 0. The number of terminal acetylenes is 1. The Morgan fingerprint density at radius 2 is 1.39 bits per heavy atom. The van der Waals surface area contributed by atoms with E-state index in [1.165, 1.54) is 0 Å². The van der Waals surface area contributed by atoms with Crippen molar-refractivity contribution in [2.24, 2.45) is 0 Å². The van der Waals surface area contributed by atoms with E-state index in [4.69, 9.17) is 17.6 Å². The Bertz CT molecular complexity index is 277. The molecule has 0 aromatic carbocycles. The van der Waals surface area contributed by atoms with Gasteiger partial charge in [-0.15, -0.1) is 25.5 Å². The summed E-state index contributed by atoms with van der Waals surface area (Å²) in [5.74, 6) is 13.0. The first-order chi connectivity index (χ1) is 8.33. The van der Waals surface area contributed by atoms with Gasteiger partial charge in [0.1, 0.15) is 0 Å². The van der Waals surface area contributed by atoms with E-state index in [9.17, 15) is 0 Å². The first-order valence-corrected chi connectivity index (χ1v) is 5.28. The summed E-state index contributed by atoms with van der Waals surface area (Å²) in [6.45, 7) is 15.7. The number of rotatable bonds is 2. The van der Waals surface area contributed by atoms with Crippen molar-refractivity contribution in [1.29, 1.82) is 0 Å². The Kier molecular flexibility index (Phi) is 92.8. The van der Waals surface area contributed by atoms with Crippen molar-refractivity contribution in [2.45, 2.75) is 27.7 Å². The van der Waals surface area contributed by atoms with Gasteiger partial charge in [-0.25, -0.2) is 5.92 Å². The third kappa shape index (κ3) is 76.5. The molecular formula is C16H21KO. The topological polar surface area (TPSA) is 9.23 Å². The first-order valence-electron chi connectivity index (χ1n) is 5.28. The van der Waals surface area contributed by atoms with Crippen molar-refractivity contribution in [1.82, 2.24) is 0 Å². The van der Waals surface area contributed by atoms with E-state index in [0.717, 1.165) is 13.2 Å². The Balaban J connectivity index is -0.0000000491. The summed E-state index contributed by atoms with van der Waals surface area (Å²) in [6, 6.07) is 0. The maximum Gasteiger partial charge on any atom is 1.00 e. The van der Waals surface area contributed by atoms with E-state index in [-0.39, 0.29) is 51.4 Å². The summed E-state index contributed by atoms with van der Waals surface area (Å²) in [4.78, 5) is 0. The Hall–Kier alpha value is -0.424. The fourth-order valence-corrected chi connectivity index (χ4v) is 0.334. The zero-order chi connectivity index (χ0) is 14.4. The van der Waals surface area contributed by atoms with Gasteiger partial charge in [0.15, 0.2) is 0 Å². The van der Waals surface area contributed by atoms with Crippen LogP contribution in [0.4, 0.5) is 0 Å². The number of hydrogen-bond donors (Lipinski definition) is 0. The Morgan fingerprint density at radius 3 is 1.61 bits per heavy atom. The molecule has 0 fully saturated rings. The minimum absolute atomic E-state index is 0. The van der Waals surface area contributed by atoms with Gasteiger partial charge in [0.2, 0.25) is 0 Å². The second-order valence-corrected chi connectivity index (χ2v) is 1.55. The average Bonchev–Trinajstić information content (AvgIpc) is 2.41. The molecule has 0 spiro atoms. The second kappa shape index (κ2) is 54.7. The van der Waals surface area contributed by atoms with Gasteiger partial charge < -0.3 is 11.2 Å². The molecule has 0 aliphatic rings. The van der Waals surface area contributed by atoms with E-state index < -0.39 is 0 Å². The van der Waals surface area contributed by atoms with Gasteiger partial charge in [-0.05, 0) is 31.6 Å². The van der Waals surface area contributed by atoms with E-state index in [2.05, 4.69) is 42.8 Å². The van der Waals surface area contributed by atoms with Crippen molar-refractivity contribution in [3.05, 3.63) is 19.6 Å². The van der Waals surface area contributed by atoms with Crippen LogP contribution >= 0.6 is 0 Å². The van der Waals surface area contributed by atoms with Crippen molar-refractivity contribution in [3.8, 4) is 41.9 Å². The van der Waals surface area contributed by atoms with Crippen LogP contribution in [-0.4, -0.2) is 13.2 Å². The summed E-state index contributed by atoms with van der Waals surface area (Å²) in [5, 5.41) is 0. The minimum Gasteiger partial charge on any atom is -0.382 e. The standard InChI is InChI=1S/C8H.C4H10O.C2H6.C2H4.K/c1-3-5-7-8-6-4-2;1-3-5-4-2;2*1-2;/h1H;3-4H2,1-2H3;1-2H3;1-2H2;/q-1;;;;+1. The van der Waals surface area contributed by atoms with Gasteiger partial charge in [0.25, 0.3) is 0 Å². The predicted octanol–water partition coefficient (Wildman–Crippen LogP) is 0.0914. The summed E-state index contributed by atoms with van der Waals surface area (Å²) in [6.07, 6.45) is 11.0. The van der Waals surface area contributed by atoms with Gasteiger partial charge in [0, 0.05) is 13.2 Å². The van der Waals surface area contributed by atoms with Crippen LogP contribution in [0.1, 0.15) is 27.7 Å².